The summed E-state index contributed by atoms with van der Waals surface area (Å²) in [5.41, 5.74) is 0.422. The maximum absolute atomic E-state index is 10.1. The van der Waals surface area contributed by atoms with Gasteiger partial charge in [-0.3, -0.25) is 0 Å². The summed E-state index contributed by atoms with van der Waals surface area (Å²) in [5, 5.41) is 20.1. The van der Waals surface area contributed by atoms with Crippen LogP contribution in [0.3, 0.4) is 0 Å². The lowest BCUT2D eigenvalue weighted by Gasteiger charge is -2.26. The molecule has 0 spiro atoms. The van der Waals surface area contributed by atoms with Gasteiger partial charge in [0.25, 0.3) is 0 Å². The van der Waals surface area contributed by atoms with Gasteiger partial charge in [0.1, 0.15) is 0 Å². The molecular formula is C14H22O3. The van der Waals surface area contributed by atoms with Crippen LogP contribution < -0.4 is 4.74 Å². The van der Waals surface area contributed by atoms with Gasteiger partial charge in [0, 0.05) is 5.56 Å². The zero-order valence-corrected chi connectivity index (χ0v) is 11.5. The molecule has 3 nitrogen and oxygen atoms in total. The molecule has 0 atom stereocenters. The first-order valence-electron chi connectivity index (χ1n) is 5.71. The van der Waals surface area contributed by atoms with Crippen LogP contribution in [0, 0.1) is 0 Å². The van der Waals surface area contributed by atoms with E-state index in [1.165, 1.54) is 7.11 Å². The van der Waals surface area contributed by atoms with Gasteiger partial charge in [0.05, 0.1) is 12.7 Å². The van der Waals surface area contributed by atoms with E-state index in [1.807, 2.05) is 6.07 Å². The predicted octanol–water partition coefficient (Wildman–Crippen LogP) is 2.93. The van der Waals surface area contributed by atoms with Crippen LogP contribution in [-0.4, -0.2) is 17.3 Å². The average molecular weight is 238 g/mol. The van der Waals surface area contributed by atoms with Crippen LogP contribution >= 0.6 is 0 Å². The van der Waals surface area contributed by atoms with Crippen molar-refractivity contribution in [2.24, 2.45) is 0 Å². The van der Waals surface area contributed by atoms with Crippen molar-refractivity contribution in [2.75, 3.05) is 7.11 Å². The Labute approximate surface area is 103 Å². The number of phenols is 1. The van der Waals surface area contributed by atoms with Gasteiger partial charge < -0.3 is 14.9 Å². The minimum Gasteiger partial charge on any atom is -0.504 e. The maximum atomic E-state index is 10.1. The summed E-state index contributed by atoms with van der Waals surface area (Å²) in [7, 11) is 1.49. The van der Waals surface area contributed by atoms with E-state index in [0.29, 0.717) is 11.3 Å². The van der Waals surface area contributed by atoms with Gasteiger partial charge in [-0.05, 0) is 37.0 Å². The summed E-state index contributed by atoms with van der Waals surface area (Å²) in [4.78, 5) is 0. The number of methoxy groups -OCH3 is 1. The van der Waals surface area contributed by atoms with E-state index < -0.39 is 5.60 Å². The molecule has 17 heavy (non-hydrogen) atoms. The standard InChI is InChI=1S/C14H22O3/c1-13(2,3)9-7-10(14(4,5)16)12(17-6)11(15)8-9/h7-8,15-16H,1-6H3. The van der Waals surface area contributed by atoms with Crippen LogP contribution in [0.5, 0.6) is 11.5 Å². The smallest absolute Gasteiger partial charge is 0.166 e. The lowest BCUT2D eigenvalue weighted by atomic mass is 9.83. The molecule has 0 aromatic heterocycles. The first-order valence-corrected chi connectivity index (χ1v) is 5.71. The van der Waals surface area contributed by atoms with Crippen LogP contribution in [0.2, 0.25) is 0 Å². The predicted molar refractivity (Wildman–Crippen MR) is 68.6 cm³/mol. The quantitative estimate of drug-likeness (QED) is 0.833. The third kappa shape index (κ3) is 2.91. The van der Waals surface area contributed by atoms with Gasteiger partial charge in [-0.25, -0.2) is 0 Å². The molecule has 2 N–H and O–H groups in total. The number of benzene rings is 1. The molecule has 1 rings (SSSR count). The zero-order chi connectivity index (χ0) is 13.4. The number of hydrogen-bond acceptors (Lipinski definition) is 3. The molecule has 0 amide bonds. The molecule has 0 saturated heterocycles. The second-order valence-electron chi connectivity index (χ2n) is 5.89. The molecule has 0 aliphatic heterocycles. The number of ether oxygens (including phenoxy) is 1. The first kappa shape index (κ1) is 13.8. The third-order valence-corrected chi connectivity index (χ3v) is 2.80. The monoisotopic (exact) mass is 238 g/mol. The number of hydrogen-bond donors (Lipinski definition) is 2. The Balaban J connectivity index is 3.51. The Morgan fingerprint density at radius 2 is 1.59 bits per heavy atom. The van der Waals surface area contributed by atoms with Crippen molar-refractivity contribution in [1.82, 2.24) is 0 Å². The molecule has 0 aliphatic rings. The van der Waals surface area contributed by atoms with E-state index in [2.05, 4.69) is 20.8 Å². The summed E-state index contributed by atoms with van der Waals surface area (Å²) in [6, 6.07) is 3.58. The average Bonchev–Trinajstić information content (AvgIpc) is 2.13. The number of phenolic OH excluding ortho intramolecular Hbond substituents is 1. The molecule has 0 saturated carbocycles. The van der Waals surface area contributed by atoms with Crippen molar-refractivity contribution in [3.05, 3.63) is 23.3 Å². The number of aliphatic hydroxyl groups is 1. The molecule has 0 bridgehead atoms. The highest BCUT2D eigenvalue weighted by Crippen LogP contribution is 2.40. The topological polar surface area (TPSA) is 49.7 Å². The molecule has 0 aliphatic carbocycles. The highest BCUT2D eigenvalue weighted by Gasteiger charge is 2.26. The van der Waals surface area contributed by atoms with Crippen LogP contribution in [-0.2, 0) is 11.0 Å². The summed E-state index contributed by atoms with van der Waals surface area (Å²) < 4.78 is 5.16. The Bertz CT molecular complexity index is 409. The van der Waals surface area contributed by atoms with Crippen molar-refractivity contribution < 1.29 is 14.9 Å². The molecular weight excluding hydrogens is 216 g/mol. The fourth-order valence-electron chi connectivity index (χ4n) is 1.72. The van der Waals surface area contributed by atoms with Crippen molar-refractivity contribution in [1.29, 1.82) is 0 Å². The Morgan fingerprint density at radius 3 is 1.94 bits per heavy atom. The largest absolute Gasteiger partial charge is 0.504 e. The fourth-order valence-corrected chi connectivity index (χ4v) is 1.72. The summed E-state index contributed by atoms with van der Waals surface area (Å²) in [5.74, 6) is 0.405. The molecule has 96 valence electrons. The van der Waals surface area contributed by atoms with Crippen molar-refractivity contribution in [3.8, 4) is 11.5 Å². The van der Waals surface area contributed by atoms with E-state index in [9.17, 15) is 10.2 Å². The minimum atomic E-state index is -1.05. The van der Waals surface area contributed by atoms with Crippen LogP contribution in [0.1, 0.15) is 45.7 Å². The Morgan fingerprint density at radius 1 is 1.06 bits per heavy atom. The van der Waals surface area contributed by atoms with Crippen LogP contribution in [0.15, 0.2) is 12.1 Å². The lowest BCUT2D eigenvalue weighted by Crippen LogP contribution is -2.19. The molecule has 0 fully saturated rings. The molecule has 1 aromatic carbocycles. The van der Waals surface area contributed by atoms with Crippen LogP contribution in [0.25, 0.3) is 0 Å². The highest BCUT2D eigenvalue weighted by molar-refractivity contribution is 5.52. The molecule has 3 heteroatoms. The molecule has 0 heterocycles. The second-order valence-corrected chi connectivity index (χ2v) is 5.89. The number of rotatable bonds is 2. The second kappa shape index (κ2) is 4.22. The van der Waals surface area contributed by atoms with Gasteiger partial charge in [-0.2, -0.15) is 0 Å². The Kier molecular flexibility index (Phi) is 3.44. The lowest BCUT2D eigenvalue weighted by molar-refractivity contribution is 0.0749. The Hall–Kier alpha value is -1.22. The van der Waals surface area contributed by atoms with E-state index in [0.717, 1.165) is 5.56 Å². The number of aromatic hydroxyl groups is 1. The van der Waals surface area contributed by atoms with E-state index in [-0.39, 0.29) is 11.2 Å². The normalized spacial score (nSPS) is 12.6. The molecule has 1 aromatic rings. The highest BCUT2D eigenvalue weighted by atomic mass is 16.5. The minimum absolute atomic E-state index is 0.0667. The summed E-state index contributed by atoms with van der Waals surface area (Å²) in [6.45, 7) is 9.53. The van der Waals surface area contributed by atoms with Crippen molar-refractivity contribution >= 4 is 0 Å². The van der Waals surface area contributed by atoms with Gasteiger partial charge in [0.15, 0.2) is 11.5 Å². The van der Waals surface area contributed by atoms with E-state index >= 15 is 0 Å². The van der Waals surface area contributed by atoms with Gasteiger partial charge in [-0.1, -0.05) is 20.8 Å². The molecule has 0 radical (unpaired) electrons. The van der Waals surface area contributed by atoms with Crippen molar-refractivity contribution in [2.45, 2.75) is 45.6 Å². The first-order chi connectivity index (χ1) is 7.57. The van der Waals surface area contributed by atoms with Crippen LogP contribution in [0.4, 0.5) is 0 Å². The third-order valence-electron chi connectivity index (χ3n) is 2.80. The SMILES string of the molecule is COc1c(O)cc(C(C)(C)C)cc1C(C)(C)O. The van der Waals surface area contributed by atoms with Gasteiger partial charge in [0.2, 0.25) is 0 Å². The van der Waals surface area contributed by atoms with Gasteiger partial charge in [-0.15, -0.1) is 0 Å². The summed E-state index contributed by atoms with van der Waals surface area (Å²) >= 11 is 0. The molecule has 0 unspecified atom stereocenters. The van der Waals surface area contributed by atoms with Gasteiger partial charge >= 0.3 is 0 Å². The fraction of sp³-hybridized carbons (Fsp3) is 0.571. The zero-order valence-electron chi connectivity index (χ0n) is 11.5. The van der Waals surface area contributed by atoms with Crippen molar-refractivity contribution in [3.63, 3.8) is 0 Å². The van der Waals surface area contributed by atoms with E-state index in [4.69, 9.17) is 4.74 Å². The summed E-state index contributed by atoms with van der Waals surface area (Å²) in [6.07, 6.45) is 0. The maximum Gasteiger partial charge on any atom is 0.166 e. The van der Waals surface area contributed by atoms with E-state index in [1.54, 1.807) is 19.9 Å².